The van der Waals surface area contributed by atoms with Crippen LogP contribution in [0.2, 0.25) is 0 Å². The fourth-order valence-corrected chi connectivity index (χ4v) is 3.08. The number of anilines is 1. The van der Waals surface area contributed by atoms with Gasteiger partial charge >= 0.3 is 6.09 Å². The Labute approximate surface area is 186 Å². The number of ether oxygens (including phenoxy) is 2. The minimum Gasteiger partial charge on any atom is -0.489 e. The number of alkyl carbamates (subject to hydrolysis) is 1. The molecule has 6 nitrogen and oxygen atoms in total. The van der Waals surface area contributed by atoms with E-state index in [4.69, 9.17) is 9.47 Å². The molecule has 0 aromatic heterocycles. The predicted octanol–water partition coefficient (Wildman–Crippen LogP) is 4.99. The van der Waals surface area contributed by atoms with Crippen LogP contribution in [0.15, 0.2) is 48.5 Å². The van der Waals surface area contributed by atoms with Crippen molar-refractivity contribution in [3.63, 3.8) is 0 Å². The summed E-state index contributed by atoms with van der Waals surface area (Å²) in [6.45, 7) is 5.53. The molecule has 2 aromatic rings. The van der Waals surface area contributed by atoms with Gasteiger partial charge in [-0.3, -0.25) is 4.79 Å². The number of rotatable bonds is 9. The average molecular weight is 449 g/mol. The fourth-order valence-electron chi connectivity index (χ4n) is 2.61. The zero-order chi connectivity index (χ0) is 22.9. The van der Waals surface area contributed by atoms with E-state index in [1.165, 1.54) is 12.1 Å². The standard InChI is InChI=1S/C23H29FN2O4S/c1-23(2,3)30-22(28)26-20(12-13-31-4)21(27)25-18-8-10-19(11-9-18)29-15-16-6-5-7-17(24)14-16/h5-11,14,20H,12-13,15H2,1-4H3,(H,25,27)(H,26,28). The number of carbonyl (C=O) groups is 2. The number of nitrogens with one attached hydrogen (secondary N) is 2. The topological polar surface area (TPSA) is 76.7 Å². The minimum atomic E-state index is -0.716. The van der Waals surface area contributed by atoms with Gasteiger partial charge in [-0.1, -0.05) is 12.1 Å². The number of amides is 2. The number of halogens is 1. The van der Waals surface area contributed by atoms with Crippen molar-refractivity contribution in [1.29, 1.82) is 0 Å². The Kier molecular flexibility index (Phi) is 9.18. The largest absolute Gasteiger partial charge is 0.489 e. The monoisotopic (exact) mass is 448 g/mol. The van der Waals surface area contributed by atoms with Gasteiger partial charge in [0.2, 0.25) is 5.91 Å². The van der Waals surface area contributed by atoms with Crippen LogP contribution in [0.1, 0.15) is 32.8 Å². The number of benzene rings is 2. The lowest BCUT2D eigenvalue weighted by Gasteiger charge is -2.23. The van der Waals surface area contributed by atoms with Crippen LogP contribution in [0.5, 0.6) is 5.75 Å². The fraction of sp³-hybridized carbons (Fsp3) is 0.391. The van der Waals surface area contributed by atoms with Gasteiger partial charge in [0.1, 0.15) is 29.8 Å². The molecule has 0 saturated heterocycles. The van der Waals surface area contributed by atoms with Crippen LogP contribution in [-0.2, 0) is 16.1 Å². The molecule has 168 valence electrons. The Morgan fingerprint density at radius 3 is 2.45 bits per heavy atom. The van der Waals surface area contributed by atoms with Gasteiger partial charge in [0.25, 0.3) is 0 Å². The van der Waals surface area contributed by atoms with Crippen LogP contribution < -0.4 is 15.4 Å². The Hall–Kier alpha value is -2.74. The molecule has 2 N–H and O–H groups in total. The lowest BCUT2D eigenvalue weighted by molar-refractivity contribution is -0.118. The van der Waals surface area contributed by atoms with Gasteiger partial charge in [0.15, 0.2) is 0 Å². The summed E-state index contributed by atoms with van der Waals surface area (Å²) in [5, 5.41) is 5.44. The molecule has 0 radical (unpaired) electrons. The summed E-state index contributed by atoms with van der Waals surface area (Å²) in [4.78, 5) is 24.8. The van der Waals surface area contributed by atoms with Gasteiger partial charge in [0, 0.05) is 5.69 Å². The third-order valence-corrected chi connectivity index (χ3v) is 4.68. The van der Waals surface area contributed by atoms with Crippen molar-refractivity contribution in [2.45, 2.75) is 45.4 Å². The molecule has 0 bridgehead atoms. The van der Waals surface area contributed by atoms with E-state index < -0.39 is 17.7 Å². The quantitative estimate of drug-likeness (QED) is 0.565. The smallest absolute Gasteiger partial charge is 0.408 e. The van der Waals surface area contributed by atoms with E-state index in [-0.39, 0.29) is 18.3 Å². The normalized spacial score (nSPS) is 12.0. The summed E-state index contributed by atoms with van der Waals surface area (Å²) in [5.41, 5.74) is 0.650. The van der Waals surface area contributed by atoms with Crippen LogP contribution in [0.4, 0.5) is 14.9 Å². The molecule has 8 heteroatoms. The van der Waals surface area contributed by atoms with Gasteiger partial charge in [-0.25, -0.2) is 9.18 Å². The first-order valence-electron chi connectivity index (χ1n) is 9.93. The van der Waals surface area contributed by atoms with Gasteiger partial charge < -0.3 is 20.1 Å². The minimum absolute atomic E-state index is 0.236. The van der Waals surface area contributed by atoms with E-state index in [9.17, 15) is 14.0 Å². The second-order valence-electron chi connectivity index (χ2n) is 7.91. The van der Waals surface area contributed by atoms with Crippen LogP contribution in [0.25, 0.3) is 0 Å². The van der Waals surface area contributed by atoms with Gasteiger partial charge in [0.05, 0.1) is 0 Å². The van der Waals surface area contributed by atoms with E-state index in [0.717, 1.165) is 5.56 Å². The SMILES string of the molecule is CSCCC(NC(=O)OC(C)(C)C)C(=O)Nc1ccc(OCc2cccc(F)c2)cc1. The van der Waals surface area contributed by atoms with Gasteiger partial charge in [-0.2, -0.15) is 11.8 Å². The zero-order valence-corrected chi connectivity index (χ0v) is 19.1. The first-order valence-corrected chi connectivity index (χ1v) is 11.3. The number of carbonyl (C=O) groups excluding carboxylic acids is 2. The number of hydrogen-bond acceptors (Lipinski definition) is 5. The van der Waals surface area contributed by atoms with Crippen molar-refractivity contribution in [3.05, 3.63) is 59.9 Å². The summed E-state index contributed by atoms with van der Waals surface area (Å²) >= 11 is 1.59. The maximum absolute atomic E-state index is 13.2. The van der Waals surface area contributed by atoms with Crippen LogP contribution in [0.3, 0.4) is 0 Å². The molecule has 0 aliphatic heterocycles. The van der Waals surface area contributed by atoms with Gasteiger partial charge in [-0.15, -0.1) is 0 Å². The Bertz CT molecular complexity index is 869. The highest BCUT2D eigenvalue weighted by Crippen LogP contribution is 2.18. The summed E-state index contributed by atoms with van der Waals surface area (Å²) in [6.07, 6.45) is 1.78. The molecule has 0 spiro atoms. The summed E-state index contributed by atoms with van der Waals surface area (Å²) in [6, 6.07) is 12.3. The molecule has 0 heterocycles. The first-order chi connectivity index (χ1) is 14.7. The molecule has 2 rings (SSSR count). The van der Waals surface area contributed by atoms with Crippen LogP contribution in [0, 0.1) is 5.82 Å². The molecule has 2 amide bonds. The molecule has 0 fully saturated rings. The third kappa shape index (κ3) is 9.29. The Balaban J connectivity index is 1.93. The highest BCUT2D eigenvalue weighted by atomic mass is 32.2. The molecular formula is C23H29FN2O4S. The first kappa shape index (κ1) is 24.5. The Morgan fingerprint density at radius 1 is 1.13 bits per heavy atom. The van der Waals surface area contributed by atoms with E-state index >= 15 is 0 Å². The third-order valence-electron chi connectivity index (χ3n) is 4.03. The summed E-state index contributed by atoms with van der Waals surface area (Å²) < 4.78 is 24.1. The highest BCUT2D eigenvalue weighted by Gasteiger charge is 2.24. The van der Waals surface area contributed by atoms with E-state index in [0.29, 0.717) is 23.6 Å². The van der Waals surface area contributed by atoms with Crippen molar-refractivity contribution in [1.82, 2.24) is 5.32 Å². The van der Waals surface area contributed by atoms with Gasteiger partial charge in [-0.05, 0) is 81.2 Å². The van der Waals surface area contributed by atoms with Crippen molar-refractivity contribution in [2.75, 3.05) is 17.3 Å². The lowest BCUT2D eigenvalue weighted by atomic mass is 10.2. The van der Waals surface area contributed by atoms with Crippen molar-refractivity contribution >= 4 is 29.4 Å². The molecule has 1 unspecified atom stereocenters. The second-order valence-corrected chi connectivity index (χ2v) is 8.90. The zero-order valence-electron chi connectivity index (χ0n) is 18.2. The molecule has 1 atom stereocenters. The van der Waals surface area contributed by atoms with Crippen LogP contribution >= 0.6 is 11.8 Å². The van der Waals surface area contributed by atoms with Crippen molar-refractivity contribution < 1.29 is 23.5 Å². The summed E-state index contributed by atoms with van der Waals surface area (Å²) in [5.74, 6) is 0.664. The molecule has 0 aliphatic rings. The predicted molar refractivity (Wildman–Crippen MR) is 122 cm³/mol. The van der Waals surface area contributed by atoms with Crippen molar-refractivity contribution in [3.8, 4) is 5.75 Å². The number of thioether (sulfide) groups is 1. The van der Waals surface area contributed by atoms with E-state index in [1.807, 2.05) is 6.26 Å². The maximum atomic E-state index is 13.2. The highest BCUT2D eigenvalue weighted by molar-refractivity contribution is 7.98. The average Bonchev–Trinajstić information content (AvgIpc) is 2.69. The van der Waals surface area contributed by atoms with Crippen LogP contribution in [-0.4, -0.2) is 35.7 Å². The maximum Gasteiger partial charge on any atom is 0.408 e. The molecule has 0 saturated carbocycles. The molecular weight excluding hydrogens is 419 g/mol. The Morgan fingerprint density at radius 2 is 1.84 bits per heavy atom. The van der Waals surface area contributed by atoms with E-state index in [1.54, 1.807) is 68.9 Å². The molecule has 2 aromatic carbocycles. The molecule has 31 heavy (non-hydrogen) atoms. The van der Waals surface area contributed by atoms with Crippen molar-refractivity contribution in [2.24, 2.45) is 0 Å². The summed E-state index contributed by atoms with van der Waals surface area (Å²) in [7, 11) is 0. The second kappa shape index (κ2) is 11.6. The number of hydrogen-bond donors (Lipinski definition) is 2. The van der Waals surface area contributed by atoms with E-state index in [2.05, 4.69) is 10.6 Å². The lowest BCUT2D eigenvalue weighted by Crippen LogP contribution is -2.46. The molecule has 0 aliphatic carbocycles.